The molecule has 0 fully saturated rings. The van der Waals surface area contributed by atoms with Crippen LogP contribution in [-0.2, 0) is 0 Å². The predicted octanol–water partition coefficient (Wildman–Crippen LogP) is 2.62. The molecular formula is C18H22FIN4O3. The number of nitrogens with zero attached hydrogens (tertiary/aromatic N) is 1. The van der Waals surface area contributed by atoms with Crippen LogP contribution in [0.4, 0.5) is 10.1 Å². The molecule has 9 heteroatoms. The molecule has 0 aliphatic rings. The number of rotatable bonds is 7. The first-order valence-electron chi connectivity index (χ1n) is 7.87. The maximum Gasteiger partial charge on any atom is 0.254 e. The zero-order valence-corrected chi connectivity index (χ0v) is 17.3. The Hall–Kier alpha value is -2.56. The molecule has 2 rings (SSSR count). The van der Waals surface area contributed by atoms with Gasteiger partial charge >= 0.3 is 0 Å². The normalized spacial score (nSPS) is 10.6. The lowest BCUT2D eigenvalue weighted by Crippen LogP contribution is -2.29. The van der Waals surface area contributed by atoms with Crippen LogP contribution >= 0.6 is 24.0 Å². The number of aliphatic imine (C=N–C) groups is 1. The number of carbonyl (C=O) groups excluding carboxylic acids is 1. The zero-order chi connectivity index (χ0) is 18.9. The molecule has 0 radical (unpaired) electrons. The fraction of sp³-hybridized carbons (Fsp3) is 0.222. The number of halogens is 2. The summed E-state index contributed by atoms with van der Waals surface area (Å²) in [5.74, 6) is 0.275. The number of nitrogens with one attached hydrogen (secondary N) is 2. The van der Waals surface area contributed by atoms with Crippen molar-refractivity contribution in [3.8, 4) is 11.5 Å². The molecule has 2 aromatic rings. The van der Waals surface area contributed by atoms with E-state index in [4.69, 9.17) is 15.2 Å². The number of hydrogen-bond donors (Lipinski definition) is 3. The number of carbonyl (C=O) groups is 1. The summed E-state index contributed by atoms with van der Waals surface area (Å²) in [5, 5.41) is 5.50. The Morgan fingerprint density at radius 3 is 2.52 bits per heavy atom. The Morgan fingerprint density at radius 1 is 1.15 bits per heavy atom. The lowest BCUT2D eigenvalue weighted by atomic mass is 10.2. The van der Waals surface area contributed by atoms with Gasteiger partial charge in [-0.3, -0.25) is 9.79 Å². The Morgan fingerprint density at radius 2 is 1.85 bits per heavy atom. The van der Waals surface area contributed by atoms with E-state index in [0.29, 0.717) is 17.2 Å². The van der Waals surface area contributed by atoms with Crippen LogP contribution in [0, 0.1) is 5.82 Å². The number of ether oxygens (including phenoxy) is 2. The smallest absolute Gasteiger partial charge is 0.254 e. The highest BCUT2D eigenvalue weighted by molar-refractivity contribution is 14.0. The third-order valence-electron chi connectivity index (χ3n) is 3.45. The Labute approximate surface area is 174 Å². The summed E-state index contributed by atoms with van der Waals surface area (Å²) in [6.07, 6.45) is 0. The number of amides is 1. The number of benzene rings is 2. The minimum atomic E-state index is -0.567. The molecule has 0 aliphatic carbocycles. The number of guanidine groups is 1. The van der Waals surface area contributed by atoms with Crippen molar-refractivity contribution in [3.05, 3.63) is 53.8 Å². The second-order valence-corrected chi connectivity index (χ2v) is 5.20. The summed E-state index contributed by atoms with van der Waals surface area (Å²) in [5.41, 5.74) is 6.49. The second kappa shape index (κ2) is 11.2. The molecule has 0 aromatic heterocycles. The minimum Gasteiger partial charge on any atom is -0.493 e. The summed E-state index contributed by atoms with van der Waals surface area (Å²) >= 11 is 0. The summed E-state index contributed by atoms with van der Waals surface area (Å²) in [4.78, 5) is 16.0. The summed E-state index contributed by atoms with van der Waals surface area (Å²) in [7, 11) is 3.09. The van der Waals surface area contributed by atoms with Crippen LogP contribution < -0.4 is 25.8 Å². The van der Waals surface area contributed by atoms with Crippen LogP contribution in [0.25, 0.3) is 0 Å². The van der Waals surface area contributed by atoms with Gasteiger partial charge in [0.15, 0.2) is 17.5 Å². The van der Waals surface area contributed by atoms with E-state index in [0.717, 1.165) is 0 Å². The van der Waals surface area contributed by atoms with Gasteiger partial charge in [0.2, 0.25) is 0 Å². The monoisotopic (exact) mass is 488 g/mol. The van der Waals surface area contributed by atoms with Crippen LogP contribution in [0.5, 0.6) is 11.5 Å². The quantitative estimate of drug-likeness (QED) is 0.241. The van der Waals surface area contributed by atoms with Gasteiger partial charge in [-0.1, -0.05) is 12.1 Å². The molecule has 0 aliphatic heterocycles. The van der Waals surface area contributed by atoms with Crippen LogP contribution in [0.3, 0.4) is 0 Å². The van der Waals surface area contributed by atoms with Crippen molar-refractivity contribution in [2.45, 2.75) is 0 Å². The first kappa shape index (κ1) is 22.5. The van der Waals surface area contributed by atoms with Gasteiger partial charge in [-0.15, -0.1) is 24.0 Å². The van der Waals surface area contributed by atoms with Crippen molar-refractivity contribution in [1.29, 1.82) is 0 Å². The van der Waals surface area contributed by atoms with Gasteiger partial charge < -0.3 is 25.8 Å². The average Bonchev–Trinajstić information content (AvgIpc) is 2.65. The van der Waals surface area contributed by atoms with Gasteiger partial charge in [0.05, 0.1) is 26.3 Å². The molecule has 0 saturated carbocycles. The molecule has 1 amide bonds. The fourth-order valence-corrected chi connectivity index (χ4v) is 2.19. The van der Waals surface area contributed by atoms with Gasteiger partial charge in [0.1, 0.15) is 5.82 Å². The van der Waals surface area contributed by atoms with E-state index in [1.165, 1.54) is 25.3 Å². The summed E-state index contributed by atoms with van der Waals surface area (Å²) in [6.45, 7) is 0.466. The first-order valence-corrected chi connectivity index (χ1v) is 7.87. The average molecular weight is 488 g/mol. The highest BCUT2D eigenvalue weighted by atomic mass is 127. The Kier molecular flexibility index (Phi) is 9.34. The van der Waals surface area contributed by atoms with E-state index in [1.807, 2.05) is 0 Å². The predicted molar refractivity (Wildman–Crippen MR) is 114 cm³/mol. The van der Waals surface area contributed by atoms with E-state index in [1.54, 1.807) is 31.4 Å². The first-order chi connectivity index (χ1) is 12.5. The maximum absolute atomic E-state index is 13.5. The molecule has 0 saturated heterocycles. The van der Waals surface area contributed by atoms with Crippen LogP contribution in [0.15, 0.2) is 47.5 Å². The SMILES string of the molecule is COc1ccc(NC(N)=NCCNC(=O)c2ccccc2F)cc1OC.I. The van der Waals surface area contributed by atoms with Crippen molar-refractivity contribution in [2.24, 2.45) is 10.7 Å². The van der Waals surface area contributed by atoms with Crippen LogP contribution in [0.2, 0.25) is 0 Å². The molecule has 27 heavy (non-hydrogen) atoms. The van der Waals surface area contributed by atoms with Gasteiger partial charge in [0.25, 0.3) is 5.91 Å². The summed E-state index contributed by atoms with van der Waals surface area (Å²) in [6, 6.07) is 11.0. The third kappa shape index (κ3) is 6.59. The second-order valence-electron chi connectivity index (χ2n) is 5.20. The molecule has 0 heterocycles. The molecule has 146 valence electrons. The molecule has 4 N–H and O–H groups in total. The molecule has 0 atom stereocenters. The molecule has 0 unspecified atom stereocenters. The maximum atomic E-state index is 13.5. The van der Waals surface area contributed by atoms with Gasteiger partial charge in [-0.2, -0.15) is 0 Å². The Balaban J connectivity index is 0.00000364. The van der Waals surface area contributed by atoms with Gasteiger partial charge in [-0.05, 0) is 24.3 Å². The standard InChI is InChI=1S/C18H21FN4O3.HI/c1-25-15-8-7-12(11-16(15)26-2)23-18(20)22-10-9-21-17(24)13-5-3-4-6-14(13)19;/h3-8,11H,9-10H2,1-2H3,(H,21,24)(H3,20,22,23);1H. The van der Waals surface area contributed by atoms with E-state index in [9.17, 15) is 9.18 Å². The van der Waals surface area contributed by atoms with Crippen LogP contribution in [-0.4, -0.2) is 39.2 Å². The number of anilines is 1. The highest BCUT2D eigenvalue weighted by Crippen LogP contribution is 2.29. The lowest BCUT2D eigenvalue weighted by Gasteiger charge is -2.11. The molecule has 2 aromatic carbocycles. The van der Waals surface area contributed by atoms with E-state index < -0.39 is 11.7 Å². The molecule has 0 bridgehead atoms. The fourth-order valence-electron chi connectivity index (χ4n) is 2.19. The molecular weight excluding hydrogens is 466 g/mol. The topological polar surface area (TPSA) is 98.0 Å². The lowest BCUT2D eigenvalue weighted by molar-refractivity contribution is 0.0951. The van der Waals surface area contributed by atoms with E-state index >= 15 is 0 Å². The Bertz CT molecular complexity index is 802. The van der Waals surface area contributed by atoms with Gasteiger partial charge in [-0.25, -0.2) is 4.39 Å². The number of hydrogen-bond acceptors (Lipinski definition) is 4. The largest absolute Gasteiger partial charge is 0.493 e. The third-order valence-corrected chi connectivity index (χ3v) is 3.45. The number of nitrogens with two attached hydrogens (primary N) is 1. The van der Waals surface area contributed by atoms with E-state index in [-0.39, 0.29) is 48.6 Å². The van der Waals surface area contributed by atoms with Gasteiger partial charge in [0, 0.05) is 18.3 Å². The van der Waals surface area contributed by atoms with Crippen molar-refractivity contribution in [1.82, 2.24) is 5.32 Å². The van der Waals surface area contributed by atoms with Crippen LogP contribution in [0.1, 0.15) is 10.4 Å². The highest BCUT2D eigenvalue weighted by Gasteiger charge is 2.09. The summed E-state index contributed by atoms with van der Waals surface area (Å²) < 4.78 is 23.9. The van der Waals surface area contributed by atoms with Crippen molar-refractivity contribution in [2.75, 3.05) is 32.6 Å². The van der Waals surface area contributed by atoms with Crippen molar-refractivity contribution < 1.29 is 18.7 Å². The van der Waals surface area contributed by atoms with E-state index in [2.05, 4.69) is 15.6 Å². The molecule has 0 spiro atoms. The van der Waals surface area contributed by atoms with Crippen molar-refractivity contribution in [3.63, 3.8) is 0 Å². The minimum absolute atomic E-state index is 0. The number of methoxy groups -OCH3 is 2. The van der Waals surface area contributed by atoms with Crippen molar-refractivity contribution >= 4 is 41.5 Å². The zero-order valence-electron chi connectivity index (χ0n) is 15.0. The molecule has 7 nitrogen and oxygen atoms in total.